The lowest BCUT2D eigenvalue weighted by Gasteiger charge is -2.24. The van der Waals surface area contributed by atoms with Crippen molar-refractivity contribution in [3.63, 3.8) is 0 Å². The molecule has 2 heterocycles. The lowest BCUT2D eigenvalue weighted by Crippen LogP contribution is -2.35. The number of nitrogens with zero attached hydrogens (tertiary/aromatic N) is 1. The fraction of sp³-hybridized carbons (Fsp3) is 0.643. The van der Waals surface area contributed by atoms with E-state index in [1.807, 2.05) is 26.8 Å². The number of carbonyl (C=O) groups excluding carboxylic acids is 1. The molecule has 0 saturated carbocycles. The van der Waals surface area contributed by atoms with Gasteiger partial charge in [0.15, 0.2) is 0 Å². The van der Waals surface area contributed by atoms with Crippen LogP contribution in [0.1, 0.15) is 32.3 Å². The van der Waals surface area contributed by atoms with Crippen molar-refractivity contribution >= 4 is 22.0 Å². The molecule has 1 aliphatic heterocycles. The Balaban J connectivity index is 2.05. The van der Waals surface area contributed by atoms with Crippen LogP contribution in [0, 0.1) is 5.92 Å². The third kappa shape index (κ3) is 3.53. The number of likely N-dealkylation sites (tertiary alicyclic amines) is 1. The number of amides is 1. The summed E-state index contributed by atoms with van der Waals surface area (Å²) in [4.78, 5) is 13.9. The van der Waals surface area contributed by atoms with E-state index in [-0.39, 0.29) is 6.09 Å². The van der Waals surface area contributed by atoms with Gasteiger partial charge in [-0.15, -0.1) is 0 Å². The predicted octanol–water partition coefficient (Wildman–Crippen LogP) is 3.63. The van der Waals surface area contributed by atoms with E-state index in [0.29, 0.717) is 18.4 Å². The van der Waals surface area contributed by atoms with Crippen molar-refractivity contribution in [3.8, 4) is 0 Å². The predicted molar refractivity (Wildman–Crippen MR) is 76.5 cm³/mol. The number of alkyl halides is 1. The van der Waals surface area contributed by atoms with Crippen LogP contribution in [0.15, 0.2) is 23.0 Å². The van der Waals surface area contributed by atoms with Crippen molar-refractivity contribution in [1.82, 2.24) is 4.90 Å². The number of rotatable bonds is 2. The molecule has 2 rings (SSSR count). The molecule has 0 radical (unpaired) electrons. The number of halogens is 1. The summed E-state index contributed by atoms with van der Waals surface area (Å²) in [6, 6.07) is 1.97. The van der Waals surface area contributed by atoms with Crippen LogP contribution >= 0.6 is 15.9 Å². The first kappa shape index (κ1) is 14.4. The molecule has 0 aromatic carbocycles. The molecule has 2 atom stereocenters. The molecule has 1 fully saturated rings. The van der Waals surface area contributed by atoms with Crippen LogP contribution < -0.4 is 0 Å². The van der Waals surface area contributed by atoms with E-state index >= 15 is 0 Å². The lowest BCUT2D eigenvalue weighted by atomic mass is 9.92. The normalized spacial score (nSPS) is 23.7. The summed E-state index contributed by atoms with van der Waals surface area (Å²) in [6.07, 6.45) is 3.21. The summed E-state index contributed by atoms with van der Waals surface area (Å²) in [6.45, 7) is 7.06. The standard InChI is InChI=1S/C14H20BrNO3/c1-14(2,3)19-13(17)16-7-11(6-15)12(8-16)10-4-5-18-9-10/h4-5,9,11-12H,6-8H2,1-3H3/t11-,12+/m1/s1. The summed E-state index contributed by atoms with van der Waals surface area (Å²) >= 11 is 3.53. The molecule has 1 amide bonds. The molecule has 0 aliphatic carbocycles. The highest BCUT2D eigenvalue weighted by Crippen LogP contribution is 2.34. The average molecular weight is 330 g/mol. The minimum atomic E-state index is -0.450. The second kappa shape index (κ2) is 5.57. The van der Waals surface area contributed by atoms with Gasteiger partial charge in [0.25, 0.3) is 0 Å². The van der Waals surface area contributed by atoms with E-state index in [2.05, 4.69) is 15.9 Å². The van der Waals surface area contributed by atoms with Gasteiger partial charge in [0.05, 0.1) is 12.5 Å². The molecule has 19 heavy (non-hydrogen) atoms. The maximum absolute atomic E-state index is 12.1. The largest absolute Gasteiger partial charge is 0.472 e. The van der Waals surface area contributed by atoms with Gasteiger partial charge in [-0.25, -0.2) is 4.79 Å². The Morgan fingerprint density at radius 2 is 2.26 bits per heavy atom. The Bertz CT molecular complexity index is 424. The molecule has 0 bridgehead atoms. The van der Waals surface area contributed by atoms with E-state index in [0.717, 1.165) is 17.4 Å². The van der Waals surface area contributed by atoms with Gasteiger partial charge < -0.3 is 14.1 Å². The molecule has 1 aromatic rings. The summed E-state index contributed by atoms with van der Waals surface area (Å²) < 4.78 is 10.6. The van der Waals surface area contributed by atoms with Crippen molar-refractivity contribution in [2.45, 2.75) is 32.3 Å². The number of ether oxygens (including phenoxy) is 1. The first-order chi connectivity index (χ1) is 8.90. The fourth-order valence-corrected chi connectivity index (χ4v) is 3.02. The van der Waals surface area contributed by atoms with Crippen LogP contribution in [-0.4, -0.2) is 35.0 Å². The molecule has 106 valence electrons. The third-order valence-electron chi connectivity index (χ3n) is 3.26. The second-order valence-corrected chi connectivity index (χ2v) is 6.61. The minimum Gasteiger partial charge on any atom is -0.472 e. The van der Waals surface area contributed by atoms with Gasteiger partial charge in [0, 0.05) is 24.3 Å². The van der Waals surface area contributed by atoms with E-state index in [1.165, 1.54) is 0 Å². The number of furan rings is 1. The topological polar surface area (TPSA) is 42.7 Å². The van der Waals surface area contributed by atoms with Gasteiger partial charge in [-0.3, -0.25) is 0 Å². The zero-order valence-electron chi connectivity index (χ0n) is 11.6. The van der Waals surface area contributed by atoms with Crippen molar-refractivity contribution in [2.75, 3.05) is 18.4 Å². The lowest BCUT2D eigenvalue weighted by molar-refractivity contribution is 0.0288. The quantitative estimate of drug-likeness (QED) is 0.778. The summed E-state index contributed by atoms with van der Waals surface area (Å²) in [5.74, 6) is 0.704. The molecular formula is C14H20BrNO3. The van der Waals surface area contributed by atoms with Crippen LogP contribution in [-0.2, 0) is 4.74 Å². The van der Waals surface area contributed by atoms with Gasteiger partial charge in [-0.05, 0) is 38.3 Å². The van der Waals surface area contributed by atoms with Crippen LogP contribution in [0.5, 0.6) is 0 Å². The highest BCUT2D eigenvalue weighted by molar-refractivity contribution is 9.09. The smallest absolute Gasteiger partial charge is 0.410 e. The maximum atomic E-state index is 12.1. The van der Waals surface area contributed by atoms with Crippen LogP contribution in [0.4, 0.5) is 4.79 Å². The van der Waals surface area contributed by atoms with Gasteiger partial charge in [0.1, 0.15) is 5.60 Å². The molecule has 0 N–H and O–H groups in total. The SMILES string of the molecule is CC(C)(C)OC(=O)N1C[C@@H](CBr)[C@H](c2ccoc2)C1. The van der Waals surface area contributed by atoms with E-state index in [9.17, 15) is 4.79 Å². The Hall–Kier alpha value is -0.970. The average Bonchev–Trinajstić information content (AvgIpc) is 2.95. The zero-order chi connectivity index (χ0) is 14.0. The number of hydrogen-bond donors (Lipinski definition) is 0. The van der Waals surface area contributed by atoms with Crippen molar-refractivity contribution < 1.29 is 13.9 Å². The van der Waals surface area contributed by atoms with Crippen molar-refractivity contribution in [3.05, 3.63) is 24.2 Å². The Morgan fingerprint density at radius 3 is 2.79 bits per heavy atom. The first-order valence-electron chi connectivity index (χ1n) is 6.46. The highest BCUT2D eigenvalue weighted by Gasteiger charge is 2.37. The first-order valence-corrected chi connectivity index (χ1v) is 7.59. The third-order valence-corrected chi connectivity index (χ3v) is 4.09. The van der Waals surface area contributed by atoms with Gasteiger partial charge >= 0.3 is 6.09 Å². The molecule has 4 nitrogen and oxygen atoms in total. The molecule has 5 heteroatoms. The number of hydrogen-bond acceptors (Lipinski definition) is 3. The highest BCUT2D eigenvalue weighted by atomic mass is 79.9. The number of carbonyl (C=O) groups is 1. The van der Waals surface area contributed by atoms with E-state index < -0.39 is 5.60 Å². The fourth-order valence-electron chi connectivity index (χ4n) is 2.37. The second-order valence-electron chi connectivity index (χ2n) is 5.96. The van der Waals surface area contributed by atoms with Crippen molar-refractivity contribution in [2.24, 2.45) is 5.92 Å². The van der Waals surface area contributed by atoms with Gasteiger partial charge in [-0.1, -0.05) is 15.9 Å². The molecule has 0 spiro atoms. The molecular weight excluding hydrogens is 310 g/mol. The maximum Gasteiger partial charge on any atom is 0.410 e. The van der Waals surface area contributed by atoms with Gasteiger partial charge in [-0.2, -0.15) is 0 Å². The van der Waals surface area contributed by atoms with Gasteiger partial charge in [0.2, 0.25) is 0 Å². The Labute approximate surface area is 122 Å². The molecule has 1 aliphatic rings. The van der Waals surface area contributed by atoms with Crippen LogP contribution in [0.2, 0.25) is 0 Å². The van der Waals surface area contributed by atoms with Crippen LogP contribution in [0.3, 0.4) is 0 Å². The Kier molecular flexibility index (Phi) is 4.23. The molecule has 1 aromatic heterocycles. The van der Waals surface area contributed by atoms with E-state index in [4.69, 9.17) is 9.15 Å². The van der Waals surface area contributed by atoms with E-state index in [1.54, 1.807) is 17.4 Å². The Morgan fingerprint density at radius 1 is 1.53 bits per heavy atom. The summed E-state index contributed by atoms with van der Waals surface area (Å²) in [7, 11) is 0. The summed E-state index contributed by atoms with van der Waals surface area (Å²) in [5, 5.41) is 0.863. The minimum absolute atomic E-state index is 0.232. The monoisotopic (exact) mass is 329 g/mol. The van der Waals surface area contributed by atoms with Crippen LogP contribution in [0.25, 0.3) is 0 Å². The molecule has 0 unspecified atom stereocenters. The molecule has 1 saturated heterocycles. The summed E-state index contributed by atoms with van der Waals surface area (Å²) in [5.41, 5.74) is 0.699. The van der Waals surface area contributed by atoms with Crippen molar-refractivity contribution in [1.29, 1.82) is 0 Å². The zero-order valence-corrected chi connectivity index (χ0v) is 13.1.